The lowest BCUT2D eigenvalue weighted by Crippen LogP contribution is -2.73. The van der Waals surface area contributed by atoms with E-state index >= 15 is 0 Å². The molecule has 5 saturated heterocycles. The number of hydrogen-bond donors (Lipinski definition) is 2. The molecule has 0 amide bonds. The maximum absolute atomic E-state index is 12.9. The lowest BCUT2D eigenvalue weighted by Gasteiger charge is -2.61. The minimum atomic E-state index is -1.26. The van der Waals surface area contributed by atoms with Crippen molar-refractivity contribution in [2.24, 2.45) is 40.9 Å². The second kappa shape index (κ2) is 8.27. The van der Waals surface area contributed by atoms with Crippen molar-refractivity contribution in [3.8, 4) is 0 Å². The largest absolute Gasteiger partial charge is 0.461 e. The predicted octanol–water partition coefficient (Wildman–Crippen LogP) is 1.29. The van der Waals surface area contributed by atoms with Gasteiger partial charge in [-0.2, -0.15) is 0 Å². The lowest BCUT2D eigenvalue weighted by molar-refractivity contribution is -0.299. The summed E-state index contributed by atoms with van der Waals surface area (Å²) >= 11 is 0. The van der Waals surface area contributed by atoms with Crippen molar-refractivity contribution in [1.82, 2.24) is 0 Å². The maximum atomic E-state index is 12.9. The Balaban J connectivity index is 1.26. The summed E-state index contributed by atoms with van der Waals surface area (Å²) in [5.41, 5.74) is -3.69. The summed E-state index contributed by atoms with van der Waals surface area (Å²) in [5, 5.41) is 24.4. The average molecular weight is 591 g/mol. The molecule has 5 heterocycles. The van der Waals surface area contributed by atoms with E-state index in [9.17, 15) is 24.6 Å². The molecule has 3 aliphatic carbocycles. The van der Waals surface area contributed by atoms with Crippen molar-refractivity contribution in [2.45, 2.75) is 133 Å². The van der Waals surface area contributed by atoms with Gasteiger partial charge in [-0.1, -0.05) is 13.8 Å². The van der Waals surface area contributed by atoms with E-state index in [-0.39, 0.29) is 48.1 Å². The zero-order valence-electron chi connectivity index (χ0n) is 25.0. The van der Waals surface area contributed by atoms with Crippen LogP contribution < -0.4 is 0 Å². The molecule has 232 valence electrons. The minimum absolute atomic E-state index is 0.0817. The Morgan fingerprint density at radius 3 is 2.26 bits per heavy atom. The summed E-state index contributed by atoms with van der Waals surface area (Å²) in [6.07, 6.45) is -3.85. The van der Waals surface area contributed by atoms with E-state index in [2.05, 4.69) is 13.8 Å². The molecule has 0 radical (unpaired) electrons. The van der Waals surface area contributed by atoms with Gasteiger partial charge in [0.05, 0.1) is 24.2 Å². The van der Waals surface area contributed by atoms with Crippen molar-refractivity contribution in [1.29, 1.82) is 0 Å². The van der Waals surface area contributed by atoms with Crippen LogP contribution in [0.5, 0.6) is 0 Å². The monoisotopic (exact) mass is 590 g/mol. The van der Waals surface area contributed by atoms with Crippen LogP contribution in [0.3, 0.4) is 0 Å². The van der Waals surface area contributed by atoms with Gasteiger partial charge in [0.25, 0.3) is 0 Å². The van der Waals surface area contributed by atoms with E-state index in [1.165, 1.54) is 6.92 Å². The molecule has 8 fully saturated rings. The first kappa shape index (κ1) is 27.7. The first-order chi connectivity index (χ1) is 19.7. The van der Waals surface area contributed by atoms with Crippen LogP contribution in [-0.2, 0) is 42.8 Å². The van der Waals surface area contributed by atoms with E-state index in [0.717, 1.165) is 6.42 Å². The van der Waals surface area contributed by atoms with Crippen molar-refractivity contribution in [3.05, 3.63) is 0 Å². The van der Waals surface area contributed by atoms with Crippen molar-refractivity contribution in [2.75, 3.05) is 0 Å². The van der Waals surface area contributed by atoms with Crippen molar-refractivity contribution in [3.63, 3.8) is 0 Å². The number of fused-ring (bicyclic) bond motifs is 4. The SMILES string of the molecule is CC(=O)O[C@H]1[C@@H](O)C2[C@H]3OC(=O)C[C@H]4OC(C)(C)[C@H](CC[C@H]2[C@@]2(C)[C@@H](O)C[C@@H]5[C@@H](C)[C@@H]([C@H]6OC(=O)[C@@]7(C)O[C@H]67)O[C@]512)C34. The number of hydrogen-bond acceptors (Lipinski definition) is 11. The van der Waals surface area contributed by atoms with Crippen LogP contribution in [0.25, 0.3) is 0 Å². The van der Waals surface area contributed by atoms with Crippen LogP contribution in [0.4, 0.5) is 0 Å². The van der Waals surface area contributed by atoms with Gasteiger partial charge in [0.2, 0.25) is 0 Å². The van der Waals surface area contributed by atoms with Gasteiger partial charge in [0.15, 0.2) is 17.8 Å². The molecule has 11 nitrogen and oxygen atoms in total. The predicted molar refractivity (Wildman–Crippen MR) is 140 cm³/mol. The topological polar surface area (TPSA) is 150 Å². The Morgan fingerprint density at radius 2 is 1.62 bits per heavy atom. The number of esters is 3. The van der Waals surface area contributed by atoms with Gasteiger partial charge in [-0.3, -0.25) is 9.59 Å². The third-order valence-corrected chi connectivity index (χ3v) is 13.3. The fraction of sp³-hybridized carbons (Fsp3) is 0.903. The van der Waals surface area contributed by atoms with Crippen LogP contribution in [-0.4, -0.2) is 93.8 Å². The van der Waals surface area contributed by atoms with Gasteiger partial charge < -0.3 is 38.6 Å². The summed E-state index contributed by atoms with van der Waals surface area (Å²) in [7, 11) is 0. The zero-order chi connectivity index (χ0) is 29.9. The normalized spacial score (nSPS) is 59.8. The van der Waals surface area contributed by atoms with Gasteiger partial charge in [-0.15, -0.1) is 0 Å². The molecule has 11 heteroatoms. The molecule has 0 aromatic heterocycles. The van der Waals surface area contributed by atoms with Gasteiger partial charge in [0, 0.05) is 24.2 Å². The summed E-state index contributed by atoms with van der Waals surface area (Å²) in [6, 6.07) is 0. The van der Waals surface area contributed by atoms with E-state index in [4.69, 9.17) is 28.4 Å². The fourth-order valence-electron chi connectivity index (χ4n) is 11.4. The molecule has 3 saturated carbocycles. The van der Waals surface area contributed by atoms with E-state index in [1.54, 1.807) is 6.92 Å². The Labute approximate surface area is 244 Å². The quantitative estimate of drug-likeness (QED) is 0.272. The minimum Gasteiger partial charge on any atom is -0.461 e. The number of ether oxygens (including phenoxy) is 6. The summed E-state index contributed by atoms with van der Waals surface area (Å²) in [6.45, 7) is 11.1. The molecule has 5 aliphatic heterocycles. The average Bonchev–Trinajstić information content (AvgIpc) is 3.28. The number of cyclic esters (lactones) is 1. The Hall–Kier alpha value is -1.79. The highest BCUT2D eigenvalue weighted by molar-refractivity contribution is 5.86. The molecular weight excluding hydrogens is 548 g/mol. The molecule has 0 aromatic carbocycles. The molecule has 8 rings (SSSR count). The second-order valence-corrected chi connectivity index (χ2v) is 15.3. The zero-order valence-corrected chi connectivity index (χ0v) is 25.0. The molecule has 2 unspecified atom stereocenters. The smallest absolute Gasteiger partial charge is 0.341 e. The van der Waals surface area contributed by atoms with Crippen LogP contribution in [0.1, 0.15) is 67.2 Å². The number of rotatable bonds is 2. The van der Waals surface area contributed by atoms with Crippen LogP contribution in [0.2, 0.25) is 0 Å². The molecule has 17 atom stereocenters. The molecule has 0 aromatic rings. The Kier molecular flexibility index (Phi) is 5.46. The summed E-state index contributed by atoms with van der Waals surface area (Å²) in [4.78, 5) is 38.3. The molecule has 8 aliphatic rings. The number of carbonyl (C=O) groups excluding carboxylic acids is 3. The van der Waals surface area contributed by atoms with Crippen LogP contribution in [0, 0.1) is 40.9 Å². The van der Waals surface area contributed by atoms with Gasteiger partial charge >= 0.3 is 17.9 Å². The number of aliphatic hydroxyl groups is 2. The highest BCUT2D eigenvalue weighted by Crippen LogP contribution is 2.72. The molecule has 0 bridgehead atoms. The molecular formula is C31H42O11. The van der Waals surface area contributed by atoms with Gasteiger partial charge in [-0.25, -0.2) is 4.79 Å². The fourth-order valence-corrected chi connectivity index (χ4v) is 11.4. The standard InChI is InChI=1S/C31H42O11/c1-11-15-9-17(33)29(5)14-8-7-13-19-16(40-28(13,3)4)10-18(34)38-23(19)20(14)21(35)25(37-12(2)32)31(15,29)41-22(11)24-26-30(6,42-26)27(36)39-24/h11,13-17,19-26,33,35H,7-10H2,1-6H3/t11-,13-,14-,15-,16-,17+,19?,20?,21+,22+,23+,24-,25+,26-,29+,30+,31-/m1/s1. The van der Waals surface area contributed by atoms with Crippen LogP contribution >= 0.6 is 0 Å². The van der Waals surface area contributed by atoms with E-state index in [0.29, 0.717) is 12.8 Å². The third-order valence-electron chi connectivity index (χ3n) is 13.3. The third kappa shape index (κ3) is 3.07. The molecule has 2 N–H and O–H groups in total. The van der Waals surface area contributed by atoms with Gasteiger partial charge in [0.1, 0.15) is 30.0 Å². The summed E-state index contributed by atoms with van der Waals surface area (Å²) < 4.78 is 37.2. The number of aliphatic hydroxyl groups excluding tert-OH is 2. The molecule has 42 heavy (non-hydrogen) atoms. The maximum Gasteiger partial charge on any atom is 0.341 e. The number of carbonyl (C=O) groups is 3. The van der Waals surface area contributed by atoms with Gasteiger partial charge in [-0.05, 0) is 63.7 Å². The Bertz CT molecular complexity index is 1250. The van der Waals surface area contributed by atoms with Crippen molar-refractivity contribution >= 4 is 17.9 Å². The first-order valence-electron chi connectivity index (χ1n) is 15.6. The first-order valence-corrected chi connectivity index (χ1v) is 15.6. The Morgan fingerprint density at radius 1 is 0.905 bits per heavy atom. The highest BCUT2D eigenvalue weighted by Gasteiger charge is 2.83. The lowest BCUT2D eigenvalue weighted by atomic mass is 9.50. The van der Waals surface area contributed by atoms with Crippen molar-refractivity contribution < 1.29 is 53.0 Å². The highest BCUT2D eigenvalue weighted by atomic mass is 16.7. The summed E-state index contributed by atoms with van der Waals surface area (Å²) in [5.74, 6) is -2.80. The van der Waals surface area contributed by atoms with E-state index in [1.807, 2.05) is 13.8 Å². The molecule has 1 spiro atoms. The second-order valence-electron chi connectivity index (χ2n) is 15.3. The number of epoxide rings is 1. The van der Waals surface area contributed by atoms with E-state index < -0.39 is 82.8 Å². The van der Waals surface area contributed by atoms with Crippen LogP contribution in [0.15, 0.2) is 0 Å².